The van der Waals surface area contributed by atoms with Crippen molar-refractivity contribution in [3.63, 3.8) is 0 Å². The highest BCUT2D eigenvalue weighted by atomic mass is 16.4. The summed E-state index contributed by atoms with van der Waals surface area (Å²) in [6.45, 7) is 3.95. The van der Waals surface area contributed by atoms with Gasteiger partial charge in [-0.15, -0.1) is 0 Å². The molecule has 0 spiro atoms. The molecule has 5 nitrogen and oxygen atoms in total. The number of pyridine rings is 1. The predicted molar refractivity (Wildman–Crippen MR) is 115 cm³/mol. The van der Waals surface area contributed by atoms with Crippen LogP contribution in [0.5, 0.6) is 0 Å². The van der Waals surface area contributed by atoms with Crippen molar-refractivity contribution in [2.75, 3.05) is 5.32 Å². The molecule has 5 heteroatoms. The summed E-state index contributed by atoms with van der Waals surface area (Å²) in [6, 6.07) is 20.5. The lowest BCUT2D eigenvalue weighted by atomic mass is 10.1. The molecule has 3 aromatic heterocycles. The second kappa shape index (κ2) is 6.95. The Kier molecular flexibility index (Phi) is 4.13. The lowest BCUT2D eigenvalue weighted by Crippen LogP contribution is -1.94. The minimum Gasteiger partial charge on any atom is -0.441 e. The first kappa shape index (κ1) is 17.3. The highest BCUT2D eigenvalue weighted by Crippen LogP contribution is 2.28. The zero-order valence-corrected chi connectivity index (χ0v) is 16.3. The molecule has 0 amide bonds. The van der Waals surface area contributed by atoms with Crippen molar-refractivity contribution in [2.24, 2.45) is 0 Å². The van der Waals surface area contributed by atoms with E-state index in [1.54, 1.807) is 6.20 Å². The monoisotopic (exact) mass is 380 g/mol. The summed E-state index contributed by atoms with van der Waals surface area (Å²) in [7, 11) is 0. The second-order valence-corrected chi connectivity index (χ2v) is 7.04. The number of nitrogens with one attached hydrogen (secondary N) is 1. The SMILES string of the molecule is Cc1ncc(-c2ccc(Nc3cccn4cc(-c5ccccc5C)nc34)cc2)o1. The fourth-order valence-corrected chi connectivity index (χ4v) is 3.47. The summed E-state index contributed by atoms with van der Waals surface area (Å²) in [5, 5.41) is 3.48. The van der Waals surface area contributed by atoms with Gasteiger partial charge in [0.2, 0.25) is 0 Å². The highest BCUT2D eigenvalue weighted by molar-refractivity contribution is 5.78. The minimum atomic E-state index is 0.664. The van der Waals surface area contributed by atoms with Gasteiger partial charge in [0.15, 0.2) is 17.3 Å². The van der Waals surface area contributed by atoms with Crippen molar-refractivity contribution in [3.05, 3.63) is 90.7 Å². The zero-order chi connectivity index (χ0) is 19.8. The van der Waals surface area contributed by atoms with Crippen LogP contribution in [0.4, 0.5) is 11.4 Å². The van der Waals surface area contributed by atoms with Crippen LogP contribution in [0, 0.1) is 13.8 Å². The molecule has 0 bridgehead atoms. The van der Waals surface area contributed by atoms with Crippen LogP contribution in [-0.4, -0.2) is 14.4 Å². The van der Waals surface area contributed by atoms with Crippen LogP contribution >= 0.6 is 0 Å². The Morgan fingerprint density at radius 3 is 2.52 bits per heavy atom. The summed E-state index contributed by atoms with van der Waals surface area (Å²) < 4.78 is 7.65. The van der Waals surface area contributed by atoms with Gasteiger partial charge in [-0.05, 0) is 48.9 Å². The molecule has 0 aliphatic carbocycles. The first-order valence-corrected chi connectivity index (χ1v) is 9.51. The van der Waals surface area contributed by atoms with Crippen molar-refractivity contribution in [2.45, 2.75) is 13.8 Å². The minimum absolute atomic E-state index is 0.664. The van der Waals surface area contributed by atoms with Crippen molar-refractivity contribution >= 4 is 17.0 Å². The Morgan fingerprint density at radius 1 is 0.931 bits per heavy atom. The topological polar surface area (TPSA) is 55.4 Å². The number of aryl methyl sites for hydroxylation is 2. The third kappa shape index (κ3) is 3.27. The molecule has 5 rings (SSSR count). The maximum Gasteiger partial charge on any atom is 0.191 e. The fourth-order valence-electron chi connectivity index (χ4n) is 3.47. The van der Waals surface area contributed by atoms with Crippen LogP contribution in [0.2, 0.25) is 0 Å². The van der Waals surface area contributed by atoms with E-state index < -0.39 is 0 Å². The molecular weight excluding hydrogens is 360 g/mol. The van der Waals surface area contributed by atoms with Crippen LogP contribution in [0.1, 0.15) is 11.5 Å². The third-order valence-electron chi connectivity index (χ3n) is 4.97. The molecule has 142 valence electrons. The van der Waals surface area contributed by atoms with Gasteiger partial charge in [0.25, 0.3) is 0 Å². The number of fused-ring (bicyclic) bond motifs is 1. The van der Waals surface area contributed by atoms with E-state index in [-0.39, 0.29) is 0 Å². The Bertz CT molecular complexity index is 1300. The molecule has 29 heavy (non-hydrogen) atoms. The number of oxazole rings is 1. The van der Waals surface area contributed by atoms with Crippen molar-refractivity contribution < 1.29 is 4.42 Å². The van der Waals surface area contributed by atoms with Gasteiger partial charge in [-0.3, -0.25) is 0 Å². The number of anilines is 2. The Labute approximate surface area is 168 Å². The summed E-state index contributed by atoms with van der Waals surface area (Å²) in [4.78, 5) is 9.04. The Morgan fingerprint density at radius 2 is 1.76 bits per heavy atom. The Hall–Kier alpha value is -3.86. The van der Waals surface area contributed by atoms with Gasteiger partial charge >= 0.3 is 0 Å². The fraction of sp³-hybridized carbons (Fsp3) is 0.0833. The van der Waals surface area contributed by atoms with E-state index in [1.807, 2.05) is 61.7 Å². The molecule has 0 atom stereocenters. The smallest absolute Gasteiger partial charge is 0.191 e. The van der Waals surface area contributed by atoms with Gasteiger partial charge in [-0.1, -0.05) is 24.3 Å². The van der Waals surface area contributed by atoms with Gasteiger partial charge in [0.1, 0.15) is 0 Å². The van der Waals surface area contributed by atoms with Crippen molar-refractivity contribution in [1.82, 2.24) is 14.4 Å². The molecule has 3 heterocycles. The van der Waals surface area contributed by atoms with Crippen LogP contribution in [0.3, 0.4) is 0 Å². The first-order valence-electron chi connectivity index (χ1n) is 9.51. The predicted octanol–water partition coefficient (Wildman–Crippen LogP) is 6.02. The normalized spacial score (nSPS) is 11.1. The lowest BCUT2D eigenvalue weighted by molar-refractivity contribution is 0.534. The lowest BCUT2D eigenvalue weighted by Gasteiger charge is -2.08. The van der Waals surface area contributed by atoms with E-state index >= 15 is 0 Å². The summed E-state index contributed by atoms with van der Waals surface area (Å²) >= 11 is 0. The van der Waals surface area contributed by atoms with Crippen LogP contribution < -0.4 is 5.32 Å². The van der Waals surface area contributed by atoms with Gasteiger partial charge < -0.3 is 14.1 Å². The van der Waals surface area contributed by atoms with E-state index in [2.05, 4.69) is 40.0 Å². The van der Waals surface area contributed by atoms with E-state index in [1.165, 1.54) is 5.56 Å². The average Bonchev–Trinajstić information content (AvgIpc) is 3.36. The molecule has 2 aromatic carbocycles. The van der Waals surface area contributed by atoms with E-state index in [0.717, 1.165) is 39.6 Å². The molecule has 0 saturated heterocycles. The molecule has 0 unspecified atom stereocenters. The average molecular weight is 380 g/mol. The molecule has 0 saturated carbocycles. The van der Waals surface area contributed by atoms with E-state index in [4.69, 9.17) is 9.40 Å². The van der Waals surface area contributed by atoms with Crippen molar-refractivity contribution in [3.8, 4) is 22.6 Å². The number of hydrogen-bond acceptors (Lipinski definition) is 4. The Balaban J connectivity index is 1.47. The molecule has 0 aliphatic rings. The van der Waals surface area contributed by atoms with E-state index in [0.29, 0.717) is 5.89 Å². The molecule has 0 radical (unpaired) electrons. The van der Waals surface area contributed by atoms with Gasteiger partial charge in [-0.2, -0.15) is 0 Å². The van der Waals surface area contributed by atoms with Crippen LogP contribution in [0.15, 0.2) is 83.7 Å². The summed E-state index contributed by atoms with van der Waals surface area (Å²) in [5.41, 5.74) is 7.15. The maximum atomic E-state index is 5.59. The molecular formula is C24H20N4O. The number of rotatable bonds is 4. The number of nitrogens with zero attached hydrogens (tertiary/aromatic N) is 3. The number of benzene rings is 2. The van der Waals surface area contributed by atoms with Crippen LogP contribution in [-0.2, 0) is 0 Å². The second-order valence-electron chi connectivity index (χ2n) is 7.04. The summed E-state index contributed by atoms with van der Waals surface area (Å²) in [5.74, 6) is 1.44. The molecule has 1 N–H and O–H groups in total. The van der Waals surface area contributed by atoms with E-state index in [9.17, 15) is 0 Å². The molecule has 0 aliphatic heterocycles. The van der Waals surface area contributed by atoms with Gasteiger partial charge in [0, 0.05) is 36.1 Å². The summed E-state index contributed by atoms with van der Waals surface area (Å²) in [6.07, 6.45) is 5.83. The van der Waals surface area contributed by atoms with Gasteiger partial charge in [0.05, 0.1) is 17.6 Å². The first-order chi connectivity index (χ1) is 14.2. The third-order valence-corrected chi connectivity index (χ3v) is 4.97. The number of imidazole rings is 1. The largest absolute Gasteiger partial charge is 0.441 e. The van der Waals surface area contributed by atoms with Crippen LogP contribution in [0.25, 0.3) is 28.2 Å². The maximum absolute atomic E-state index is 5.59. The highest BCUT2D eigenvalue weighted by Gasteiger charge is 2.10. The van der Waals surface area contributed by atoms with Crippen molar-refractivity contribution in [1.29, 1.82) is 0 Å². The zero-order valence-electron chi connectivity index (χ0n) is 16.3. The quantitative estimate of drug-likeness (QED) is 0.414. The number of aromatic nitrogens is 3. The number of hydrogen-bond donors (Lipinski definition) is 1. The standard InChI is InChI=1S/C24H20N4O/c1-16-6-3-4-7-20(16)22-15-28-13-5-8-21(24(28)27-22)26-19-11-9-18(10-12-19)23-14-25-17(2)29-23/h3-15,26H,1-2H3. The van der Waals surface area contributed by atoms with Gasteiger partial charge in [-0.25, -0.2) is 9.97 Å². The molecule has 0 fully saturated rings. The molecule has 5 aromatic rings.